The molecule has 4 nitrogen and oxygen atoms in total. The van der Waals surface area contributed by atoms with Crippen LogP contribution in [0.2, 0.25) is 0 Å². The van der Waals surface area contributed by atoms with Gasteiger partial charge in [-0.05, 0) is 67.5 Å². The summed E-state index contributed by atoms with van der Waals surface area (Å²) in [6, 6.07) is 11.6. The van der Waals surface area contributed by atoms with E-state index in [1.54, 1.807) is 23.3 Å². The van der Waals surface area contributed by atoms with Crippen LogP contribution in [0.15, 0.2) is 48.5 Å². The lowest BCUT2D eigenvalue weighted by molar-refractivity contribution is -0.137. The molecule has 0 bridgehead atoms. The molecule has 1 aliphatic carbocycles. The van der Waals surface area contributed by atoms with E-state index in [2.05, 4.69) is 5.32 Å². The van der Waals surface area contributed by atoms with Gasteiger partial charge in [0, 0.05) is 27.5 Å². The number of aryl methyl sites for hydroxylation is 1. The van der Waals surface area contributed by atoms with Crippen LogP contribution in [-0.4, -0.2) is 24.6 Å². The highest BCUT2D eigenvalue weighted by atomic mass is 32.1. The number of halogens is 3. The number of carbonyl (C=O) groups is 1. The third-order valence-corrected chi connectivity index (χ3v) is 8.00. The number of hydrogen-bond acceptors (Lipinski definition) is 3. The lowest BCUT2D eigenvalue weighted by atomic mass is 9.88. The largest absolute Gasteiger partial charge is 0.496 e. The van der Waals surface area contributed by atoms with Gasteiger partial charge in [0.15, 0.2) is 0 Å². The maximum absolute atomic E-state index is 13.5. The van der Waals surface area contributed by atoms with Crippen LogP contribution in [-0.2, 0) is 25.4 Å². The van der Waals surface area contributed by atoms with E-state index < -0.39 is 17.8 Å². The number of para-hydroxylation sites is 1. The summed E-state index contributed by atoms with van der Waals surface area (Å²) < 4.78 is 45.1. The third kappa shape index (κ3) is 4.15. The average molecular weight is 487 g/mol. The topological polar surface area (TPSA) is 41.6 Å². The maximum Gasteiger partial charge on any atom is 0.416 e. The molecule has 0 unspecified atom stereocenters. The zero-order valence-electron chi connectivity index (χ0n) is 18.7. The lowest BCUT2D eigenvalue weighted by Gasteiger charge is -2.37. The van der Waals surface area contributed by atoms with Crippen LogP contribution < -0.4 is 10.1 Å². The van der Waals surface area contributed by atoms with Crippen LogP contribution in [0.3, 0.4) is 0 Å². The van der Waals surface area contributed by atoms with Gasteiger partial charge in [-0.3, -0.25) is 0 Å². The van der Waals surface area contributed by atoms with Crippen molar-refractivity contribution >= 4 is 23.1 Å². The number of anilines is 1. The summed E-state index contributed by atoms with van der Waals surface area (Å²) in [6.07, 6.45) is 0.735. The van der Waals surface area contributed by atoms with Gasteiger partial charge in [0.05, 0.1) is 18.7 Å². The Balaban J connectivity index is 1.54. The van der Waals surface area contributed by atoms with Gasteiger partial charge in [-0.1, -0.05) is 24.3 Å². The second kappa shape index (κ2) is 8.98. The first kappa shape index (κ1) is 22.8. The molecule has 0 radical (unpaired) electrons. The van der Waals surface area contributed by atoms with Crippen molar-refractivity contribution in [3.8, 4) is 5.75 Å². The molecule has 0 saturated carbocycles. The standard InChI is InChI=1S/C26H25F3N2O2S/c1-33-21-11-4-2-10-20(21)23-24-19(18-9-3-5-12-22(18)34-24)13-14-31(23)25(32)30-17-8-6-7-16(15-17)26(27,28)29/h2,4,6-8,10-11,15,23H,3,5,9,12-14H2,1H3,(H,30,32)/t23-/m1/s1. The molecule has 178 valence electrons. The fraction of sp³-hybridized carbons (Fsp3) is 0.346. The molecule has 2 aliphatic rings. The van der Waals surface area contributed by atoms with Crippen molar-refractivity contribution in [3.63, 3.8) is 0 Å². The Morgan fingerprint density at radius 2 is 1.85 bits per heavy atom. The zero-order valence-corrected chi connectivity index (χ0v) is 19.6. The van der Waals surface area contributed by atoms with Crippen molar-refractivity contribution < 1.29 is 22.7 Å². The van der Waals surface area contributed by atoms with Crippen molar-refractivity contribution in [2.45, 2.75) is 44.3 Å². The van der Waals surface area contributed by atoms with Gasteiger partial charge in [-0.25, -0.2) is 4.79 Å². The predicted octanol–water partition coefficient (Wildman–Crippen LogP) is 6.83. The number of nitrogens with one attached hydrogen (secondary N) is 1. The molecule has 34 heavy (non-hydrogen) atoms. The summed E-state index contributed by atoms with van der Waals surface area (Å²) in [5.41, 5.74) is 2.97. The van der Waals surface area contributed by atoms with Crippen LogP contribution in [0.4, 0.5) is 23.7 Å². The Kier molecular flexibility index (Phi) is 6.02. The Hall–Kier alpha value is -3.00. The summed E-state index contributed by atoms with van der Waals surface area (Å²) in [4.78, 5) is 17.7. The van der Waals surface area contributed by atoms with Crippen molar-refractivity contribution in [1.82, 2.24) is 4.90 Å². The van der Waals surface area contributed by atoms with Gasteiger partial charge < -0.3 is 15.0 Å². The summed E-state index contributed by atoms with van der Waals surface area (Å²) in [5.74, 6) is 0.684. The van der Waals surface area contributed by atoms with E-state index in [0.717, 1.165) is 41.8 Å². The van der Waals surface area contributed by atoms with E-state index in [1.807, 2.05) is 24.3 Å². The van der Waals surface area contributed by atoms with Crippen LogP contribution in [0, 0.1) is 0 Å². The second-order valence-corrected chi connectivity index (χ2v) is 9.79. The van der Waals surface area contributed by atoms with E-state index in [1.165, 1.54) is 41.0 Å². The second-order valence-electron chi connectivity index (χ2n) is 8.65. The molecular weight excluding hydrogens is 461 g/mol. The van der Waals surface area contributed by atoms with E-state index in [0.29, 0.717) is 12.3 Å². The highest BCUT2D eigenvalue weighted by Gasteiger charge is 2.38. The Morgan fingerprint density at radius 3 is 2.65 bits per heavy atom. The molecule has 0 spiro atoms. The number of carbonyl (C=O) groups excluding carboxylic acids is 1. The predicted molar refractivity (Wildman–Crippen MR) is 127 cm³/mol. The van der Waals surface area contributed by atoms with Gasteiger partial charge in [0.1, 0.15) is 5.75 Å². The first-order valence-electron chi connectivity index (χ1n) is 11.4. The third-order valence-electron chi connectivity index (χ3n) is 6.61. The van der Waals surface area contributed by atoms with Gasteiger partial charge in [0.25, 0.3) is 0 Å². The molecule has 0 fully saturated rings. The minimum Gasteiger partial charge on any atom is -0.496 e. The lowest BCUT2D eigenvalue weighted by Crippen LogP contribution is -2.42. The number of methoxy groups -OCH3 is 1. The van der Waals surface area contributed by atoms with Gasteiger partial charge in [-0.2, -0.15) is 13.2 Å². The van der Waals surface area contributed by atoms with E-state index in [9.17, 15) is 18.0 Å². The van der Waals surface area contributed by atoms with Crippen LogP contribution in [0.1, 0.15) is 50.9 Å². The molecule has 1 aromatic heterocycles. The Morgan fingerprint density at radius 1 is 1.06 bits per heavy atom. The first-order valence-corrected chi connectivity index (χ1v) is 12.2. The minimum atomic E-state index is -4.48. The number of hydrogen-bond donors (Lipinski definition) is 1. The van der Waals surface area contributed by atoms with Crippen molar-refractivity contribution in [1.29, 1.82) is 0 Å². The molecule has 1 atom stereocenters. The minimum absolute atomic E-state index is 0.120. The molecule has 8 heteroatoms. The molecule has 1 aliphatic heterocycles. The van der Waals surface area contributed by atoms with Crippen molar-refractivity contribution in [2.24, 2.45) is 0 Å². The van der Waals surface area contributed by atoms with Crippen LogP contribution in [0.25, 0.3) is 0 Å². The number of ether oxygens (including phenoxy) is 1. The number of urea groups is 1. The fourth-order valence-electron chi connectivity index (χ4n) is 5.04. The number of alkyl halides is 3. The molecule has 5 rings (SSSR count). The highest BCUT2D eigenvalue weighted by molar-refractivity contribution is 7.12. The Labute approximate surface area is 200 Å². The number of thiophene rings is 1. The summed E-state index contributed by atoms with van der Waals surface area (Å²) >= 11 is 1.77. The van der Waals surface area contributed by atoms with Crippen molar-refractivity contribution in [3.05, 3.63) is 80.5 Å². The molecule has 3 aromatic rings. The molecule has 2 aromatic carbocycles. The Bertz CT molecular complexity index is 1220. The maximum atomic E-state index is 13.5. The zero-order chi connectivity index (χ0) is 23.9. The average Bonchev–Trinajstić information content (AvgIpc) is 3.22. The van der Waals surface area contributed by atoms with Gasteiger partial charge >= 0.3 is 12.2 Å². The molecule has 2 amide bonds. The first-order chi connectivity index (χ1) is 16.4. The number of nitrogens with zero attached hydrogens (tertiary/aromatic N) is 1. The van der Waals surface area contributed by atoms with Gasteiger partial charge in [-0.15, -0.1) is 11.3 Å². The molecule has 2 heterocycles. The van der Waals surface area contributed by atoms with E-state index in [-0.39, 0.29) is 11.7 Å². The number of fused-ring (bicyclic) bond motifs is 3. The highest BCUT2D eigenvalue weighted by Crippen LogP contribution is 2.47. The van der Waals surface area contributed by atoms with E-state index in [4.69, 9.17) is 4.74 Å². The quantitative estimate of drug-likeness (QED) is 0.441. The smallest absolute Gasteiger partial charge is 0.416 e. The monoisotopic (exact) mass is 486 g/mol. The normalized spacial score (nSPS) is 17.6. The van der Waals surface area contributed by atoms with Crippen LogP contribution in [0.5, 0.6) is 5.75 Å². The summed E-state index contributed by atoms with van der Waals surface area (Å²) in [5, 5.41) is 2.70. The fourth-order valence-corrected chi connectivity index (χ4v) is 6.61. The van der Waals surface area contributed by atoms with Crippen LogP contribution >= 0.6 is 11.3 Å². The molecular formula is C26H25F3N2O2S. The number of amides is 2. The number of rotatable bonds is 3. The van der Waals surface area contributed by atoms with Gasteiger partial charge in [0.2, 0.25) is 0 Å². The summed E-state index contributed by atoms with van der Waals surface area (Å²) in [7, 11) is 1.61. The summed E-state index contributed by atoms with van der Waals surface area (Å²) in [6.45, 7) is 0.476. The molecule has 0 saturated heterocycles. The number of benzene rings is 2. The van der Waals surface area contributed by atoms with Crippen molar-refractivity contribution in [2.75, 3.05) is 19.0 Å². The van der Waals surface area contributed by atoms with E-state index >= 15 is 0 Å². The molecule has 1 N–H and O–H groups in total. The SMILES string of the molecule is COc1ccccc1[C@@H]1c2sc3c(c2CCN1C(=O)Nc1cccc(C(F)(F)F)c1)CCCC3.